The third-order valence-corrected chi connectivity index (χ3v) is 2.62. The zero-order chi connectivity index (χ0) is 9.14. The van der Waals surface area contributed by atoms with E-state index in [9.17, 15) is 9.90 Å². The van der Waals surface area contributed by atoms with Crippen LogP contribution in [0.3, 0.4) is 0 Å². The minimum absolute atomic E-state index is 0.103. The normalized spacial score (nSPS) is 32.9. The molecule has 0 bridgehead atoms. The highest BCUT2D eigenvalue weighted by Crippen LogP contribution is 2.26. The second kappa shape index (κ2) is 4.01. The van der Waals surface area contributed by atoms with E-state index in [0.717, 1.165) is 25.7 Å². The number of aliphatic hydroxyl groups is 1. The molecule has 0 radical (unpaired) electrons. The van der Waals surface area contributed by atoms with Gasteiger partial charge in [-0.3, -0.25) is 4.79 Å². The Hall–Kier alpha value is -0.410. The molecule has 3 N–H and O–H groups in total. The number of hydrogen-bond acceptors (Lipinski definition) is 3. The Morgan fingerprint density at radius 2 is 2.25 bits per heavy atom. The van der Waals surface area contributed by atoms with Gasteiger partial charge in [-0.05, 0) is 32.1 Å². The molecule has 0 saturated heterocycles. The van der Waals surface area contributed by atoms with Gasteiger partial charge >= 0.3 is 0 Å². The predicted octanol–water partition coefficient (Wildman–Crippen LogP) is 0.454. The van der Waals surface area contributed by atoms with Crippen LogP contribution in [0.2, 0.25) is 0 Å². The molecular weight excluding hydrogens is 154 g/mol. The van der Waals surface area contributed by atoms with E-state index in [1.807, 2.05) is 0 Å². The highest BCUT2D eigenvalue weighted by molar-refractivity contribution is 5.80. The van der Waals surface area contributed by atoms with Crippen molar-refractivity contribution in [1.29, 1.82) is 0 Å². The molecule has 12 heavy (non-hydrogen) atoms. The lowest BCUT2D eigenvalue weighted by Crippen LogP contribution is -2.36. The first-order valence-corrected chi connectivity index (χ1v) is 4.55. The molecule has 1 aliphatic rings. The number of nitrogens with two attached hydrogens (primary N) is 1. The van der Waals surface area contributed by atoms with E-state index >= 15 is 0 Å². The van der Waals surface area contributed by atoms with Gasteiger partial charge < -0.3 is 10.8 Å². The van der Waals surface area contributed by atoms with Crippen LogP contribution in [-0.2, 0) is 4.79 Å². The molecule has 70 valence electrons. The molecule has 1 fully saturated rings. The summed E-state index contributed by atoms with van der Waals surface area (Å²) in [5.41, 5.74) is 5.74. The number of hydrogen-bond donors (Lipinski definition) is 2. The summed E-state index contributed by atoms with van der Waals surface area (Å²) in [5.74, 6) is -0.0275. The molecule has 1 saturated carbocycles. The van der Waals surface area contributed by atoms with Gasteiger partial charge in [-0.25, -0.2) is 0 Å². The first-order valence-electron chi connectivity index (χ1n) is 4.55. The molecule has 0 aromatic rings. The van der Waals surface area contributed by atoms with E-state index in [1.54, 1.807) is 0 Å². The quantitative estimate of drug-likeness (QED) is 0.634. The Balaban J connectivity index is 2.45. The van der Waals surface area contributed by atoms with E-state index in [-0.39, 0.29) is 17.7 Å². The summed E-state index contributed by atoms with van der Waals surface area (Å²) in [7, 11) is 0. The van der Waals surface area contributed by atoms with Gasteiger partial charge in [0.2, 0.25) is 0 Å². The fourth-order valence-electron chi connectivity index (χ4n) is 1.89. The lowest BCUT2D eigenvalue weighted by Gasteiger charge is -2.28. The third-order valence-electron chi connectivity index (χ3n) is 2.62. The van der Waals surface area contributed by atoms with Crippen LogP contribution in [-0.4, -0.2) is 23.0 Å². The van der Waals surface area contributed by atoms with Gasteiger partial charge in [0.1, 0.15) is 6.10 Å². The summed E-state index contributed by atoms with van der Waals surface area (Å²) in [6.07, 6.45) is 3.02. The van der Waals surface area contributed by atoms with Crippen molar-refractivity contribution in [2.75, 3.05) is 0 Å². The molecule has 3 nitrogen and oxygen atoms in total. The molecule has 1 rings (SSSR count). The van der Waals surface area contributed by atoms with Crippen molar-refractivity contribution in [3.05, 3.63) is 0 Å². The molecule has 1 aliphatic carbocycles. The summed E-state index contributed by atoms with van der Waals surface area (Å²) in [5, 5.41) is 9.46. The van der Waals surface area contributed by atoms with Crippen molar-refractivity contribution in [2.24, 2.45) is 11.7 Å². The minimum Gasteiger partial charge on any atom is -0.385 e. The average Bonchev–Trinajstić information content (AvgIpc) is 2.03. The fourth-order valence-corrected chi connectivity index (χ4v) is 1.89. The Morgan fingerprint density at radius 1 is 1.58 bits per heavy atom. The first kappa shape index (κ1) is 9.68. The van der Waals surface area contributed by atoms with Gasteiger partial charge in [0, 0.05) is 6.04 Å². The predicted molar refractivity (Wildman–Crippen MR) is 46.6 cm³/mol. The van der Waals surface area contributed by atoms with Gasteiger partial charge in [-0.1, -0.05) is 6.42 Å². The Labute approximate surface area is 72.9 Å². The number of aliphatic hydroxyl groups excluding tert-OH is 1. The van der Waals surface area contributed by atoms with Crippen LogP contribution in [0.25, 0.3) is 0 Å². The Morgan fingerprint density at radius 3 is 2.75 bits per heavy atom. The molecule has 0 unspecified atom stereocenters. The summed E-state index contributed by atoms with van der Waals surface area (Å²) in [4.78, 5) is 10.9. The third kappa shape index (κ3) is 2.29. The molecule has 3 atom stereocenters. The number of Topliss-reactive ketones (excluding diaryl/α,β-unsaturated/α-hetero) is 1. The number of ketones is 1. The summed E-state index contributed by atoms with van der Waals surface area (Å²) in [6, 6.07) is 0.178. The van der Waals surface area contributed by atoms with Gasteiger partial charge in [-0.2, -0.15) is 0 Å². The van der Waals surface area contributed by atoms with Crippen molar-refractivity contribution in [2.45, 2.75) is 44.8 Å². The maximum absolute atomic E-state index is 10.9. The van der Waals surface area contributed by atoms with E-state index in [2.05, 4.69) is 0 Å². The Kier molecular flexibility index (Phi) is 3.23. The summed E-state index contributed by atoms with van der Waals surface area (Å²) >= 11 is 0. The van der Waals surface area contributed by atoms with Crippen molar-refractivity contribution >= 4 is 5.78 Å². The van der Waals surface area contributed by atoms with Crippen LogP contribution in [0.15, 0.2) is 0 Å². The van der Waals surface area contributed by atoms with Crippen molar-refractivity contribution in [1.82, 2.24) is 0 Å². The van der Waals surface area contributed by atoms with Crippen LogP contribution in [0.4, 0.5) is 0 Å². The monoisotopic (exact) mass is 171 g/mol. The second-order valence-electron chi connectivity index (χ2n) is 3.74. The number of carbonyl (C=O) groups is 1. The van der Waals surface area contributed by atoms with Crippen molar-refractivity contribution in [3.63, 3.8) is 0 Å². The SMILES string of the molecule is CC(=O)[C@@H](O)[C@@H]1CCC[C@@H](N)C1. The summed E-state index contributed by atoms with van der Waals surface area (Å²) < 4.78 is 0. The van der Waals surface area contributed by atoms with E-state index in [0.29, 0.717) is 0 Å². The van der Waals surface area contributed by atoms with Gasteiger partial charge in [0.15, 0.2) is 5.78 Å². The zero-order valence-electron chi connectivity index (χ0n) is 7.49. The lowest BCUT2D eigenvalue weighted by molar-refractivity contribution is -0.128. The largest absolute Gasteiger partial charge is 0.385 e. The van der Waals surface area contributed by atoms with E-state index in [1.165, 1.54) is 6.92 Å². The van der Waals surface area contributed by atoms with E-state index < -0.39 is 6.10 Å². The van der Waals surface area contributed by atoms with Crippen LogP contribution in [0, 0.1) is 5.92 Å². The second-order valence-corrected chi connectivity index (χ2v) is 3.74. The van der Waals surface area contributed by atoms with Crippen LogP contribution in [0.1, 0.15) is 32.6 Å². The van der Waals surface area contributed by atoms with Crippen LogP contribution in [0.5, 0.6) is 0 Å². The maximum atomic E-state index is 10.9. The fraction of sp³-hybridized carbons (Fsp3) is 0.889. The van der Waals surface area contributed by atoms with Crippen molar-refractivity contribution in [3.8, 4) is 0 Å². The standard InChI is InChI=1S/C9H17NO2/c1-6(11)9(12)7-3-2-4-8(10)5-7/h7-9,12H,2-5,10H2,1H3/t7-,8-,9-/m1/s1. The molecule has 0 aromatic carbocycles. The lowest BCUT2D eigenvalue weighted by atomic mass is 9.82. The molecule has 0 spiro atoms. The average molecular weight is 171 g/mol. The van der Waals surface area contributed by atoms with Gasteiger partial charge in [0.05, 0.1) is 0 Å². The van der Waals surface area contributed by atoms with Crippen LogP contribution >= 0.6 is 0 Å². The van der Waals surface area contributed by atoms with Crippen molar-refractivity contribution < 1.29 is 9.90 Å². The number of carbonyl (C=O) groups excluding carboxylic acids is 1. The molecule has 0 heterocycles. The van der Waals surface area contributed by atoms with Gasteiger partial charge in [-0.15, -0.1) is 0 Å². The molecule has 0 aliphatic heterocycles. The number of rotatable bonds is 2. The highest BCUT2D eigenvalue weighted by atomic mass is 16.3. The first-order chi connectivity index (χ1) is 5.61. The van der Waals surface area contributed by atoms with Gasteiger partial charge in [0.25, 0.3) is 0 Å². The van der Waals surface area contributed by atoms with Crippen LogP contribution < -0.4 is 5.73 Å². The van der Waals surface area contributed by atoms with E-state index in [4.69, 9.17) is 5.73 Å². The maximum Gasteiger partial charge on any atom is 0.158 e. The molecule has 3 heteroatoms. The summed E-state index contributed by atoms with van der Waals surface area (Å²) in [6.45, 7) is 1.44. The molecular formula is C9H17NO2. The minimum atomic E-state index is -0.781. The smallest absolute Gasteiger partial charge is 0.158 e. The topological polar surface area (TPSA) is 63.3 Å². The highest BCUT2D eigenvalue weighted by Gasteiger charge is 2.27. The zero-order valence-corrected chi connectivity index (χ0v) is 7.49. The molecule has 0 amide bonds. The Bertz CT molecular complexity index is 170. The molecule has 0 aromatic heterocycles.